The zero-order valence-corrected chi connectivity index (χ0v) is 10.3. The number of halogens is 1. The summed E-state index contributed by atoms with van der Waals surface area (Å²) < 4.78 is 8.16. The van der Waals surface area contributed by atoms with Crippen molar-refractivity contribution in [2.75, 3.05) is 12.3 Å². The van der Waals surface area contributed by atoms with E-state index in [1.807, 2.05) is 27.0 Å². The molecule has 0 atom stereocenters. The first-order valence-electron chi connectivity index (χ1n) is 4.51. The summed E-state index contributed by atoms with van der Waals surface area (Å²) in [5.74, 6) is 0.515. The molecule has 1 aromatic rings. The Bertz CT molecular complexity index is 284. The van der Waals surface area contributed by atoms with E-state index in [0.29, 0.717) is 19.0 Å². The van der Waals surface area contributed by atoms with E-state index < -0.39 is 0 Å². The number of nitrogens with zero attached hydrogens (tertiary/aromatic N) is 2. The number of nitrogen functional groups attached to an aromatic ring is 1. The van der Waals surface area contributed by atoms with Crippen molar-refractivity contribution in [2.45, 2.75) is 32.9 Å². The minimum Gasteiger partial charge on any atom is -0.381 e. The standard InChI is InChI=1S/C9H16BrN3O/c1-9(2,3)14-5-4-13-6-7(10)8(11)12-13/h6H,4-5H2,1-3H3,(H2,11,12). The fourth-order valence-corrected chi connectivity index (χ4v) is 1.29. The minimum atomic E-state index is -0.101. The van der Waals surface area contributed by atoms with Crippen molar-refractivity contribution in [1.29, 1.82) is 0 Å². The van der Waals surface area contributed by atoms with Gasteiger partial charge in [-0.25, -0.2) is 0 Å². The highest BCUT2D eigenvalue weighted by Gasteiger charge is 2.09. The lowest BCUT2D eigenvalue weighted by molar-refractivity contribution is -0.00787. The zero-order chi connectivity index (χ0) is 10.8. The fourth-order valence-electron chi connectivity index (χ4n) is 0.972. The van der Waals surface area contributed by atoms with Crippen LogP contribution in [0.5, 0.6) is 0 Å². The Kier molecular flexibility index (Phi) is 3.55. The number of hydrogen-bond acceptors (Lipinski definition) is 3. The highest BCUT2D eigenvalue weighted by molar-refractivity contribution is 9.10. The summed E-state index contributed by atoms with van der Waals surface area (Å²) in [6, 6.07) is 0. The molecule has 4 nitrogen and oxygen atoms in total. The van der Waals surface area contributed by atoms with Gasteiger partial charge in [-0.15, -0.1) is 0 Å². The fraction of sp³-hybridized carbons (Fsp3) is 0.667. The molecule has 0 unspecified atom stereocenters. The van der Waals surface area contributed by atoms with Gasteiger partial charge in [-0.2, -0.15) is 5.10 Å². The average molecular weight is 262 g/mol. The predicted molar refractivity (Wildman–Crippen MR) is 60.0 cm³/mol. The van der Waals surface area contributed by atoms with Gasteiger partial charge in [0.25, 0.3) is 0 Å². The molecule has 80 valence electrons. The van der Waals surface area contributed by atoms with Gasteiger partial charge in [-0.3, -0.25) is 4.68 Å². The van der Waals surface area contributed by atoms with Crippen molar-refractivity contribution in [3.8, 4) is 0 Å². The Morgan fingerprint density at radius 2 is 2.21 bits per heavy atom. The predicted octanol–water partition coefficient (Wildman–Crippen LogP) is 2.04. The van der Waals surface area contributed by atoms with Gasteiger partial charge in [0.1, 0.15) is 0 Å². The maximum Gasteiger partial charge on any atom is 0.159 e. The molecule has 1 heterocycles. The molecule has 5 heteroatoms. The largest absolute Gasteiger partial charge is 0.381 e. The number of anilines is 1. The van der Waals surface area contributed by atoms with Crippen LogP contribution in [0.15, 0.2) is 10.7 Å². The Morgan fingerprint density at radius 1 is 1.57 bits per heavy atom. The van der Waals surface area contributed by atoms with Crippen LogP contribution in [0.2, 0.25) is 0 Å². The lowest BCUT2D eigenvalue weighted by Crippen LogP contribution is -2.22. The van der Waals surface area contributed by atoms with Crippen molar-refractivity contribution in [2.24, 2.45) is 0 Å². The molecule has 0 saturated carbocycles. The number of aromatic nitrogens is 2. The third kappa shape index (κ3) is 3.67. The van der Waals surface area contributed by atoms with E-state index in [1.54, 1.807) is 4.68 Å². The van der Waals surface area contributed by atoms with Gasteiger partial charge in [-0.05, 0) is 36.7 Å². The molecule has 0 aliphatic rings. The van der Waals surface area contributed by atoms with Crippen LogP contribution in [-0.2, 0) is 11.3 Å². The average Bonchev–Trinajstić information content (AvgIpc) is 2.28. The van der Waals surface area contributed by atoms with Crippen LogP contribution in [-0.4, -0.2) is 22.0 Å². The molecule has 0 aliphatic heterocycles. The molecule has 2 N–H and O–H groups in total. The van der Waals surface area contributed by atoms with Crippen LogP contribution >= 0.6 is 15.9 Å². The Morgan fingerprint density at radius 3 is 2.64 bits per heavy atom. The second-order valence-corrected chi connectivity index (χ2v) is 4.94. The minimum absolute atomic E-state index is 0.101. The van der Waals surface area contributed by atoms with Gasteiger partial charge in [0.2, 0.25) is 0 Å². The van der Waals surface area contributed by atoms with Crippen LogP contribution in [0.3, 0.4) is 0 Å². The van der Waals surface area contributed by atoms with Crippen LogP contribution in [0.25, 0.3) is 0 Å². The van der Waals surface area contributed by atoms with E-state index in [9.17, 15) is 0 Å². The van der Waals surface area contributed by atoms with E-state index in [0.717, 1.165) is 4.47 Å². The smallest absolute Gasteiger partial charge is 0.159 e. The van der Waals surface area contributed by atoms with E-state index in [4.69, 9.17) is 10.5 Å². The maximum absolute atomic E-state index is 5.58. The van der Waals surface area contributed by atoms with Crippen molar-refractivity contribution >= 4 is 21.7 Å². The summed E-state index contributed by atoms with van der Waals surface area (Å²) in [4.78, 5) is 0. The maximum atomic E-state index is 5.58. The summed E-state index contributed by atoms with van der Waals surface area (Å²) in [7, 11) is 0. The van der Waals surface area contributed by atoms with Gasteiger partial charge in [0.05, 0.1) is 23.2 Å². The lowest BCUT2D eigenvalue weighted by atomic mass is 10.2. The Labute approximate surface area is 92.5 Å². The molecule has 0 aromatic carbocycles. The molecule has 0 radical (unpaired) electrons. The molecule has 0 amide bonds. The molecule has 1 rings (SSSR count). The topological polar surface area (TPSA) is 53.1 Å². The highest BCUT2D eigenvalue weighted by Crippen LogP contribution is 2.16. The summed E-state index contributed by atoms with van der Waals surface area (Å²) in [5.41, 5.74) is 5.48. The summed E-state index contributed by atoms with van der Waals surface area (Å²) in [6.45, 7) is 7.44. The van der Waals surface area contributed by atoms with Crippen molar-refractivity contribution < 1.29 is 4.74 Å². The van der Waals surface area contributed by atoms with Gasteiger partial charge < -0.3 is 10.5 Å². The van der Waals surface area contributed by atoms with Crippen LogP contribution < -0.4 is 5.73 Å². The molecule has 1 aromatic heterocycles. The first-order valence-corrected chi connectivity index (χ1v) is 5.30. The Balaban J connectivity index is 2.39. The van der Waals surface area contributed by atoms with Crippen molar-refractivity contribution in [1.82, 2.24) is 9.78 Å². The van der Waals surface area contributed by atoms with Gasteiger partial charge >= 0.3 is 0 Å². The molecule has 0 saturated heterocycles. The molecule has 0 bridgehead atoms. The molecule has 0 spiro atoms. The lowest BCUT2D eigenvalue weighted by Gasteiger charge is -2.19. The second-order valence-electron chi connectivity index (χ2n) is 4.09. The van der Waals surface area contributed by atoms with E-state index in [-0.39, 0.29) is 5.60 Å². The summed E-state index contributed by atoms with van der Waals surface area (Å²) in [6.07, 6.45) is 1.85. The van der Waals surface area contributed by atoms with Crippen LogP contribution in [0, 0.1) is 0 Å². The Hall–Kier alpha value is -0.550. The van der Waals surface area contributed by atoms with Gasteiger partial charge in [-0.1, -0.05) is 0 Å². The summed E-state index contributed by atoms with van der Waals surface area (Å²) >= 11 is 3.30. The van der Waals surface area contributed by atoms with Gasteiger partial charge in [0, 0.05) is 6.20 Å². The van der Waals surface area contributed by atoms with E-state index in [2.05, 4.69) is 21.0 Å². The second kappa shape index (κ2) is 4.31. The third-order valence-corrected chi connectivity index (χ3v) is 2.21. The SMILES string of the molecule is CC(C)(C)OCCn1cc(Br)c(N)n1. The van der Waals surface area contributed by atoms with Gasteiger partial charge in [0.15, 0.2) is 5.82 Å². The van der Waals surface area contributed by atoms with E-state index in [1.165, 1.54) is 0 Å². The number of rotatable bonds is 3. The zero-order valence-electron chi connectivity index (χ0n) is 8.75. The van der Waals surface area contributed by atoms with Crippen molar-refractivity contribution in [3.05, 3.63) is 10.7 Å². The first kappa shape index (κ1) is 11.5. The molecular weight excluding hydrogens is 246 g/mol. The molecular formula is C9H16BrN3O. The number of ether oxygens (including phenoxy) is 1. The number of hydrogen-bond donors (Lipinski definition) is 1. The normalized spacial score (nSPS) is 12.0. The quantitative estimate of drug-likeness (QED) is 0.906. The third-order valence-electron chi connectivity index (χ3n) is 1.60. The summed E-state index contributed by atoms with van der Waals surface area (Å²) in [5, 5.41) is 4.10. The van der Waals surface area contributed by atoms with E-state index >= 15 is 0 Å². The first-order chi connectivity index (χ1) is 6.38. The van der Waals surface area contributed by atoms with Crippen LogP contribution in [0.4, 0.5) is 5.82 Å². The molecule has 14 heavy (non-hydrogen) atoms. The molecule has 0 aliphatic carbocycles. The monoisotopic (exact) mass is 261 g/mol. The number of nitrogens with two attached hydrogens (primary N) is 1. The molecule has 0 fully saturated rings. The van der Waals surface area contributed by atoms with Crippen LogP contribution in [0.1, 0.15) is 20.8 Å². The highest BCUT2D eigenvalue weighted by atomic mass is 79.9. The van der Waals surface area contributed by atoms with Crippen molar-refractivity contribution in [3.63, 3.8) is 0 Å².